The van der Waals surface area contributed by atoms with Gasteiger partial charge in [-0.05, 0) is 74.7 Å². The van der Waals surface area contributed by atoms with Crippen LogP contribution in [0.4, 0.5) is 24.5 Å². The van der Waals surface area contributed by atoms with Crippen molar-refractivity contribution in [1.82, 2.24) is 14.5 Å². The Morgan fingerprint density at radius 3 is 2.28 bits per heavy atom. The van der Waals surface area contributed by atoms with Gasteiger partial charge in [0.2, 0.25) is 0 Å². The third-order valence-electron chi connectivity index (χ3n) is 9.31. The van der Waals surface area contributed by atoms with Crippen molar-refractivity contribution in [2.45, 2.75) is 77.5 Å². The molecule has 5 rings (SSSR count). The Bertz CT molecular complexity index is 1950. The highest BCUT2D eigenvalue weighted by Crippen LogP contribution is 2.36. The van der Waals surface area contributed by atoms with E-state index in [0.717, 1.165) is 35.2 Å². The van der Waals surface area contributed by atoms with Crippen molar-refractivity contribution in [3.8, 4) is 0 Å². The Labute approximate surface area is 319 Å². The van der Waals surface area contributed by atoms with Gasteiger partial charge in [0.15, 0.2) is 0 Å². The number of nitrogens with one attached hydrogen (secondary N) is 1. The van der Waals surface area contributed by atoms with Crippen molar-refractivity contribution in [2.75, 3.05) is 25.1 Å². The van der Waals surface area contributed by atoms with Crippen molar-refractivity contribution in [3.05, 3.63) is 125 Å². The lowest BCUT2D eigenvalue weighted by atomic mass is 10.1. The number of aromatic nitrogens is 2. The summed E-state index contributed by atoms with van der Waals surface area (Å²) in [6.07, 6.45) is -0.850. The molecule has 0 bridgehead atoms. The van der Waals surface area contributed by atoms with Gasteiger partial charge in [0.05, 0.1) is 28.9 Å². The van der Waals surface area contributed by atoms with Gasteiger partial charge in [-0.3, -0.25) is 9.88 Å². The van der Waals surface area contributed by atoms with Crippen LogP contribution < -0.4 is 5.32 Å². The van der Waals surface area contributed by atoms with Gasteiger partial charge in [0, 0.05) is 59.4 Å². The standard InChI is InChI=1S/C21H31ClN2O.C20H17F3N2O4/c1-5-16(3)24(17(4)6-2)15-21(25)20-12-9-13-23(20)14-18-10-7-8-11-19(18)22;21-20(22,23)15-6-3-5-13-17(8-9-24-18(13)15)25-16-7-2-1-4-14(16)19(28)29-11-12(27)10-26/h7-13,16-17,21,25H,5-6,14-15H2,1-4H3;1-9,12,26-27H,10-11H2,(H,24,25). The van der Waals surface area contributed by atoms with Crippen LogP contribution in [0.15, 0.2) is 97.3 Å². The summed E-state index contributed by atoms with van der Waals surface area (Å²) in [5.74, 6) is -0.755. The van der Waals surface area contributed by atoms with E-state index in [1.165, 1.54) is 30.5 Å². The molecular formula is C41H48ClF3N4O5. The molecule has 2 aromatic heterocycles. The van der Waals surface area contributed by atoms with Crippen molar-refractivity contribution >= 4 is 39.8 Å². The number of esters is 1. The van der Waals surface area contributed by atoms with E-state index in [1.807, 2.05) is 42.6 Å². The number of carbonyl (C=O) groups excluding carboxylic acids is 1. The fourth-order valence-corrected chi connectivity index (χ4v) is 6.17. The number of para-hydroxylation sites is 2. The van der Waals surface area contributed by atoms with Crippen LogP contribution >= 0.6 is 11.6 Å². The molecule has 5 aromatic rings. The number of halogens is 4. The third-order valence-corrected chi connectivity index (χ3v) is 9.68. The Morgan fingerprint density at radius 2 is 1.61 bits per heavy atom. The second-order valence-corrected chi connectivity index (χ2v) is 13.5. The first kappa shape index (κ1) is 42.3. The number of ether oxygens (including phenoxy) is 1. The number of pyridine rings is 1. The zero-order valence-electron chi connectivity index (χ0n) is 30.8. The number of fused-ring (bicyclic) bond motifs is 1. The Hall–Kier alpha value is -4.46. The van der Waals surface area contributed by atoms with E-state index in [9.17, 15) is 28.2 Å². The van der Waals surface area contributed by atoms with Crippen molar-refractivity contribution in [2.24, 2.45) is 0 Å². The second kappa shape index (κ2) is 19.7. The van der Waals surface area contributed by atoms with Gasteiger partial charge in [-0.2, -0.15) is 13.2 Å². The topological polar surface area (TPSA) is 120 Å². The average Bonchev–Trinajstić information content (AvgIpc) is 3.64. The molecule has 4 atom stereocenters. The summed E-state index contributed by atoms with van der Waals surface area (Å²) in [7, 11) is 0. The molecule has 3 aromatic carbocycles. The number of alkyl halides is 3. The van der Waals surface area contributed by atoms with E-state index in [0.29, 0.717) is 36.5 Å². The number of hydrogen-bond donors (Lipinski definition) is 4. The molecule has 54 heavy (non-hydrogen) atoms. The summed E-state index contributed by atoms with van der Waals surface area (Å²) in [5, 5.41) is 33.0. The number of benzene rings is 3. The maximum atomic E-state index is 13.3. The van der Waals surface area contributed by atoms with Gasteiger partial charge in [-0.25, -0.2) is 4.79 Å². The van der Waals surface area contributed by atoms with Gasteiger partial charge >= 0.3 is 12.1 Å². The molecule has 0 saturated heterocycles. The molecule has 0 fully saturated rings. The predicted molar refractivity (Wildman–Crippen MR) is 206 cm³/mol. The highest BCUT2D eigenvalue weighted by atomic mass is 35.5. The summed E-state index contributed by atoms with van der Waals surface area (Å²) < 4.78 is 46.9. The molecule has 0 spiro atoms. The van der Waals surface area contributed by atoms with Crippen molar-refractivity contribution < 1.29 is 38.0 Å². The second-order valence-electron chi connectivity index (χ2n) is 13.0. The molecule has 4 N–H and O–H groups in total. The molecule has 0 aliphatic carbocycles. The molecule has 0 aliphatic rings. The number of aliphatic hydroxyl groups is 3. The van der Waals surface area contributed by atoms with Crippen LogP contribution in [0.1, 0.15) is 73.8 Å². The summed E-state index contributed by atoms with van der Waals surface area (Å²) >= 11 is 6.29. The van der Waals surface area contributed by atoms with E-state index in [2.05, 4.69) is 47.5 Å². The largest absolute Gasteiger partial charge is 0.459 e. The first-order chi connectivity index (χ1) is 25.8. The Kier molecular flexibility index (Phi) is 15.5. The highest BCUT2D eigenvalue weighted by Gasteiger charge is 2.33. The molecule has 0 saturated carbocycles. The Balaban J connectivity index is 0.000000244. The molecule has 13 heteroatoms. The lowest BCUT2D eigenvalue weighted by molar-refractivity contribution is -0.136. The fourth-order valence-electron chi connectivity index (χ4n) is 5.97. The number of anilines is 2. The smallest absolute Gasteiger partial charge is 0.418 e. The van der Waals surface area contributed by atoms with E-state index >= 15 is 0 Å². The molecule has 0 amide bonds. The number of rotatable bonds is 15. The summed E-state index contributed by atoms with van der Waals surface area (Å²) in [6, 6.07) is 24.3. The van der Waals surface area contributed by atoms with Gasteiger partial charge in [-0.1, -0.05) is 67.9 Å². The molecular weight excluding hydrogens is 721 g/mol. The van der Waals surface area contributed by atoms with Gasteiger partial charge in [0.1, 0.15) is 18.8 Å². The normalized spacial score (nSPS) is 13.9. The third kappa shape index (κ3) is 11.0. The van der Waals surface area contributed by atoms with Crippen molar-refractivity contribution in [1.29, 1.82) is 0 Å². The highest BCUT2D eigenvalue weighted by molar-refractivity contribution is 6.31. The number of carbonyl (C=O) groups is 1. The molecule has 0 aliphatic heterocycles. The van der Waals surface area contributed by atoms with Gasteiger partial charge in [0.25, 0.3) is 0 Å². The van der Waals surface area contributed by atoms with E-state index in [-0.39, 0.29) is 16.5 Å². The number of hydrogen-bond acceptors (Lipinski definition) is 8. The summed E-state index contributed by atoms with van der Waals surface area (Å²) in [4.78, 5) is 18.6. The minimum atomic E-state index is -4.56. The number of aliphatic hydroxyl groups excluding tert-OH is 3. The monoisotopic (exact) mass is 768 g/mol. The molecule has 9 nitrogen and oxygen atoms in total. The first-order valence-corrected chi connectivity index (χ1v) is 18.3. The molecule has 2 heterocycles. The quantitative estimate of drug-likeness (QED) is 0.0782. The van der Waals surface area contributed by atoms with E-state index in [1.54, 1.807) is 18.2 Å². The number of nitrogens with zero attached hydrogens (tertiary/aromatic N) is 3. The predicted octanol–water partition coefficient (Wildman–Crippen LogP) is 8.63. The lowest BCUT2D eigenvalue weighted by Crippen LogP contribution is -2.42. The van der Waals surface area contributed by atoms with Crippen LogP contribution in [0.2, 0.25) is 5.02 Å². The summed E-state index contributed by atoms with van der Waals surface area (Å²) in [5.41, 5.74) is 1.69. The SMILES string of the molecule is CCC(C)N(CC(O)c1cccn1Cc1ccccc1Cl)C(C)CC.O=C(OCC(O)CO)c1ccccc1Nc1ccnc2c(C(F)(F)F)cccc12. The fraction of sp³-hybridized carbons (Fsp3) is 0.366. The average molecular weight is 769 g/mol. The van der Waals surface area contributed by atoms with Crippen LogP contribution in [-0.4, -0.2) is 73.7 Å². The van der Waals surface area contributed by atoms with E-state index in [4.69, 9.17) is 21.4 Å². The van der Waals surface area contributed by atoms with Gasteiger partial charge in [-0.15, -0.1) is 0 Å². The zero-order valence-corrected chi connectivity index (χ0v) is 31.6. The van der Waals surface area contributed by atoms with Crippen molar-refractivity contribution in [3.63, 3.8) is 0 Å². The minimum Gasteiger partial charge on any atom is -0.459 e. The lowest BCUT2D eigenvalue weighted by Gasteiger charge is -2.35. The zero-order chi connectivity index (χ0) is 39.4. The maximum absolute atomic E-state index is 13.3. The summed E-state index contributed by atoms with van der Waals surface area (Å²) in [6.45, 7) is 9.25. The van der Waals surface area contributed by atoms with Crippen LogP contribution in [0, 0.1) is 0 Å². The van der Waals surface area contributed by atoms with E-state index < -0.39 is 43.1 Å². The minimum absolute atomic E-state index is 0.120. The first-order valence-electron chi connectivity index (χ1n) is 17.9. The molecule has 290 valence electrons. The molecule has 0 radical (unpaired) electrons. The van der Waals surface area contributed by atoms with Crippen LogP contribution in [0.3, 0.4) is 0 Å². The van der Waals surface area contributed by atoms with Crippen LogP contribution in [0.25, 0.3) is 10.9 Å². The maximum Gasteiger partial charge on any atom is 0.418 e. The van der Waals surface area contributed by atoms with Crippen LogP contribution in [-0.2, 0) is 17.5 Å². The van der Waals surface area contributed by atoms with Crippen LogP contribution in [0.5, 0.6) is 0 Å². The van der Waals surface area contributed by atoms with Gasteiger partial charge < -0.3 is 29.9 Å². The Morgan fingerprint density at radius 1 is 0.926 bits per heavy atom. The molecule has 4 unspecified atom stereocenters.